The van der Waals surface area contributed by atoms with Crippen LogP contribution in [0, 0.1) is 6.92 Å². The highest BCUT2D eigenvalue weighted by Gasteiger charge is 2.14. The molecule has 0 saturated heterocycles. The van der Waals surface area contributed by atoms with Crippen LogP contribution in [0.4, 0.5) is 5.69 Å². The van der Waals surface area contributed by atoms with E-state index in [0.717, 1.165) is 5.56 Å². The molecule has 1 amide bonds. The molecule has 134 valence electrons. The van der Waals surface area contributed by atoms with E-state index in [1.54, 1.807) is 31.2 Å². The number of hydrogen-bond donors (Lipinski definition) is 1. The Morgan fingerprint density at radius 1 is 1.27 bits per heavy atom. The third-order valence-electron chi connectivity index (χ3n) is 3.66. The minimum Gasteiger partial charge on any atom is -0.495 e. The van der Waals surface area contributed by atoms with E-state index in [9.17, 15) is 9.59 Å². The minimum atomic E-state index is -0.641. The number of ether oxygens (including phenoxy) is 2. The zero-order valence-corrected chi connectivity index (χ0v) is 14.8. The molecule has 8 heteroatoms. The summed E-state index contributed by atoms with van der Waals surface area (Å²) in [4.78, 5) is 28.1. The van der Waals surface area contributed by atoms with Gasteiger partial charge in [-0.1, -0.05) is 11.6 Å². The molecule has 0 fully saturated rings. The molecule has 0 aliphatic rings. The smallest absolute Gasteiger partial charge is 0.338 e. The van der Waals surface area contributed by atoms with E-state index >= 15 is 0 Å². The van der Waals surface area contributed by atoms with Gasteiger partial charge >= 0.3 is 5.97 Å². The van der Waals surface area contributed by atoms with Gasteiger partial charge in [0.25, 0.3) is 5.91 Å². The average molecular weight is 375 g/mol. The molecule has 0 bridgehead atoms. The number of aryl methyl sites for hydroxylation is 1. The Kier molecular flexibility index (Phi) is 5.09. The molecule has 0 aliphatic carbocycles. The van der Waals surface area contributed by atoms with Crippen molar-refractivity contribution >= 4 is 40.3 Å². The van der Waals surface area contributed by atoms with E-state index in [4.69, 9.17) is 25.5 Å². The summed E-state index contributed by atoms with van der Waals surface area (Å²) in [7, 11) is 1.47. The summed E-state index contributed by atoms with van der Waals surface area (Å²) >= 11 is 6.03. The zero-order valence-electron chi connectivity index (χ0n) is 14.0. The third-order valence-corrected chi connectivity index (χ3v) is 4.06. The maximum Gasteiger partial charge on any atom is 0.338 e. The van der Waals surface area contributed by atoms with E-state index < -0.39 is 18.5 Å². The number of halogens is 1. The molecule has 3 rings (SSSR count). The lowest BCUT2D eigenvalue weighted by Crippen LogP contribution is -2.21. The molecule has 0 atom stereocenters. The highest BCUT2D eigenvalue weighted by molar-refractivity contribution is 6.31. The van der Waals surface area contributed by atoms with Gasteiger partial charge in [0.1, 0.15) is 11.3 Å². The van der Waals surface area contributed by atoms with Crippen LogP contribution in [-0.2, 0) is 9.53 Å². The molecule has 0 spiro atoms. The number of methoxy groups -OCH3 is 1. The van der Waals surface area contributed by atoms with Gasteiger partial charge in [-0.25, -0.2) is 9.78 Å². The first-order valence-electron chi connectivity index (χ1n) is 7.62. The van der Waals surface area contributed by atoms with E-state index in [1.165, 1.54) is 19.6 Å². The quantitative estimate of drug-likeness (QED) is 0.686. The number of carbonyl (C=O) groups excluding carboxylic acids is 2. The molecule has 1 N–H and O–H groups in total. The number of rotatable bonds is 5. The van der Waals surface area contributed by atoms with Crippen LogP contribution in [0.1, 0.15) is 15.9 Å². The minimum absolute atomic E-state index is 0.266. The van der Waals surface area contributed by atoms with Gasteiger partial charge in [-0.05, 0) is 36.8 Å². The molecule has 3 aromatic rings. The molecule has 0 saturated carbocycles. The lowest BCUT2D eigenvalue weighted by atomic mass is 10.2. The second-order valence-electron chi connectivity index (χ2n) is 5.46. The third kappa shape index (κ3) is 3.78. The number of fused-ring (bicyclic) bond motifs is 1. The Labute approximate surface area is 153 Å². The average Bonchev–Trinajstić information content (AvgIpc) is 3.10. The predicted molar refractivity (Wildman–Crippen MR) is 95.7 cm³/mol. The zero-order chi connectivity index (χ0) is 18.7. The number of carbonyl (C=O) groups is 2. The number of benzene rings is 2. The van der Waals surface area contributed by atoms with Gasteiger partial charge < -0.3 is 19.2 Å². The first-order valence-corrected chi connectivity index (χ1v) is 8.00. The monoisotopic (exact) mass is 374 g/mol. The normalized spacial score (nSPS) is 10.6. The van der Waals surface area contributed by atoms with Crippen molar-refractivity contribution in [3.05, 3.63) is 52.9 Å². The summed E-state index contributed by atoms with van der Waals surface area (Å²) in [6.07, 6.45) is 1.29. The Bertz CT molecular complexity index is 983. The number of anilines is 1. The summed E-state index contributed by atoms with van der Waals surface area (Å²) in [5.41, 5.74) is 2.58. The standard InChI is InChI=1S/C18H15ClN2O5/c1-10-5-14(15(24-2)7-12(10)19)21-17(22)8-25-18(23)11-3-4-13-16(6-11)26-9-20-13/h3-7,9H,8H2,1-2H3,(H,21,22). The number of hydrogen-bond acceptors (Lipinski definition) is 6. The fourth-order valence-electron chi connectivity index (χ4n) is 2.31. The lowest BCUT2D eigenvalue weighted by Gasteiger charge is -2.12. The van der Waals surface area contributed by atoms with Crippen molar-refractivity contribution in [1.29, 1.82) is 0 Å². The number of aromatic nitrogens is 1. The van der Waals surface area contributed by atoms with Gasteiger partial charge in [0, 0.05) is 11.1 Å². The van der Waals surface area contributed by atoms with Gasteiger partial charge in [0.2, 0.25) is 0 Å². The largest absolute Gasteiger partial charge is 0.495 e. The molecule has 0 unspecified atom stereocenters. The fourth-order valence-corrected chi connectivity index (χ4v) is 2.47. The molecule has 26 heavy (non-hydrogen) atoms. The molecule has 1 heterocycles. The topological polar surface area (TPSA) is 90.7 Å². The summed E-state index contributed by atoms with van der Waals surface area (Å²) in [6.45, 7) is 1.36. The highest BCUT2D eigenvalue weighted by atomic mass is 35.5. The van der Waals surface area contributed by atoms with E-state index in [-0.39, 0.29) is 5.56 Å². The first-order chi connectivity index (χ1) is 12.5. The van der Waals surface area contributed by atoms with Crippen LogP contribution in [0.15, 0.2) is 41.1 Å². The molecular weight excluding hydrogens is 360 g/mol. The van der Waals surface area contributed by atoms with E-state index in [1.807, 2.05) is 0 Å². The van der Waals surface area contributed by atoms with Crippen molar-refractivity contribution in [2.24, 2.45) is 0 Å². The van der Waals surface area contributed by atoms with E-state index in [2.05, 4.69) is 10.3 Å². The number of oxazole rings is 1. The second-order valence-corrected chi connectivity index (χ2v) is 5.87. The van der Waals surface area contributed by atoms with Crippen LogP contribution in [0.5, 0.6) is 5.75 Å². The second kappa shape index (κ2) is 7.45. The molecule has 1 aromatic heterocycles. The Morgan fingerprint density at radius 3 is 2.85 bits per heavy atom. The molecular formula is C18H15ClN2O5. The highest BCUT2D eigenvalue weighted by Crippen LogP contribution is 2.30. The van der Waals surface area contributed by atoms with Gasteiger partial charge in [0.15, 0.2) is 18.6 Å². The summed E-state index contributed by atoms with van der Waals surface area (Å²) < 4.78 is 15.4. The van der Waals surface area contributed by atoms with Crippen molar-refractivity contribution < 1.29 is 23.5 Å². The number of amides is 1. The van der Waals surface area contributed by atoms with Crippen molar-refractivity contribution in [3.63, 3.8) is 0 Å². The summed E-state index contributed by atoms with van der Waals surface area (Å²) in [5.74, 6) is -0.729. The van der Waals surface area contributed by atoms with Crippen LogP contribution in [0.3, 0.4) is 0 Å². The maximum absolute atomic E-state index is 12.1. The van der Waals surface area contributed by atoms with E-state index in [0.29, 0.717) is 27.6 Å². The number of nitrogens with one attached hydrogen (secondary N) is 1. The molecule has 2 aromatic carbocycles. The summed E-state index contributed by atoms with van der Waals surface area (Å²) in [6, 6.07) is 7.98. The van der Waals surface area contributed by atoms with Crippen molar-refractivity contribution in [2.45, 2.75) is 6.92 Å². The van der Waals surface area contributed by atoms with Crippen LogP contribution >= 0.6 is 11.6 Å². The number of esters is 1. The Morgan fingerprint density at radius 2 is 2.08 bits per heavy atom. The SMILES string of the molecule is COc1cc(Cl)c(C)cc1NC(=O)COC(=O)c1ccc2ncoc2c1. The Balaban J connectivity index is 1.63. The van der Waals surface area contributed by atoms with Gasteiger partial charge in [-0.15, -0.1) is 0 Å². The van der Waals surface area contributed by atoms with Crippen LogP contribution in [-0.4, -0.2) is 30.6 Å². The maximum atomic E-state index is 12.1. The van der Waals surface area contributed by atoms with Gasteiger partial charge in [0.05, 0.1) is 18.4 Å². The van der Waals surface area contributed by atoms with Crippen molar-refractivity contribution in [3.8, 4) is 5.75 Å². The molecule has 0 radical (unpaired) electrons. The Hall–Kier alpha value is -3.06. The summed E-state index contributed by atoms with van der Waals surface area (Å²) in [5, 5.41) is 3.16. The number of nitrogens with zero attached hydrogens (tertiary/aromatic N) is 1. The van der Waals surface area contributed by atoms with Crippen molar-refractivity contribution in [1.82, 2.24) is 4.98 Å². The van der Waals surface area contributed by atoms with Gasteiger partial charge in [-0.2, -0.15) is 0 Å². The molecule has 7 nitrogen and oxygen atoms in total. The lowest BCUT2D eigenvalue weighted by molar-refractivity contribution is -0.119. The predicted octanol–water partition coefficient (Wildman–Crippen LogP) is 3.59. The molecule has 0 aliphatic heterocycles. The van der Waals surface area contributed by atoms with Crippen LogP contribution in [0.25, 0.3) is 11.1 Å². The first kappa shape index (κ1) is 17.8. The van der Waals surface area contributed by atoms with Crippen LogP contribution < -0.4 is 10.1 Å². The fraction of sp³-hybridized carbons (Fsp3) is 0.167. The van der Waals surface area contributed by atoms with Crippen LogP contribution in [0.2, 0.25) is 5.02 Å². The van der Waals surface area contributed by atoms with Crippen molar-refractivity contribution in [2.75, 3.05) is 19.0 Å². The van der Waals surface area contributed by atoms with Gasteiger partial charge in [-0.3, -0.25) is 4.79 Å².